The summed E-state index contributed by atoms with van der Waals surface area (Å²) >= 11 is 0. The normalized spacial score (nSPS) is 13.3. The Balaban J connectivity index is 0. The molecule has 0 aliphatic rings. The SMILES string of the molecule is [CH2-]CCCO[SiH2]C(C)(C)C(C)(C)C.[Li+]. The van der Waals surface area contributed by atoms with Crippen molar-refractivity contribution in [1.82, 2.24) is 0 Å². The van der Waals surface area contributed by atoms with Gasteiger partial charge in [0, 0.05) is 6.61 Å². The van der Waals surface area contributed by atoms with Gasteiger partial charge in [-0.15, -0.1) is 0 Å². The van der Waals surface area contributed by atoms with Crippen LogP contribution in [0.2, 0.25) is 5.04 Å². The number of unbranched alkanes of at least 4 members (excludes halogenated alkanes) is 1. The first-order valence-electron chi connectivity index (χ1n) is 5.18. The maximum absolute atomic E-state index is 5.76. The smallest absolute Gasteiger partial charge is 0.424 e. The Morgan fingerprint density at radius 3 is 2.00 bits per heavy atom. The van der Waals surface area contributed by atoms with E-state index in [4.69, 9.17) is 4.43 Å². The number of rotatable bonds is 5. The van der Waals surface area contributed by atoms with Crippen molar-refractivity contribution in [2.45, 2.75) is 52.5 Å². The van der Waals surface area contributed by atoms with E-state index in [0.717, 1.165) is 19.4 Å². The summed E-state index contributed by atoms with van der Waals surface area (Å²) in [6.07, 6.45) is 2.09. The first-order valence-corrected chi connectivity index (χ1v) is 6.47. The Labute approximate surface area is 104 Å². The largest absolute Gasteiger partial charge is 1.00 e. The zero-order valence-corrected chi connectivity index (χ0v) is 12.4. The van der Waals surface area contributed by atoms with Crippen molar-refractivity contribution < 1.29 is 23.3 Å². The molecule has 0 aromatic rings. The van der Waals surface area contributed by atoms with Crippen molar-refractivity contribution in [2.24, 2.45) is 5.41 Å². The Bertz CT molecular complexity index is 141. The summed E-state index contributed by atoms with van der Waals surface area (Å²) in [6.45, 7) is 16.3. The molecule has 0 unspecified atom stereocenters. The van der Waals surface area contributed by atoms with Crippen LogP contribution in [0, 0.1) is 12.3 Å². The number of hydrogen-bond donors (Lipinski definition) is 0. The molecule has 80 valence electrons. The van der Waals surface area contributed by atoms with Crippen LogP contribution in [0.15, 0.2) is 0 Å². The van der Waals surface area contributed by atoms with Crippen LogP contribution in [-0.4, -0.2) is 16.4 Å². The van der Waals surface area contributed by atoms with Gasteiger partial charge in [-0.1, -0.05) is 41.0 Å². The first kappa shape index (κ1) is 17.2. The second-order valence-corrected chi connectivity index (χ2v) is 7.86. The zero-order valence-electron chi connectivity index (χ0n) is 10.9. The van der Waals surface area contributed by atoms with Crippen LogP contribution in [0.5, 0.6) is 0 Å². The van der Waals surface area contributed by atoms with Crippen LogP contribution < -0.4 is 18.9 Å². The third kappa shape index (κ3) is 6.29. The van der Waals surface area contributed by atoms with E-state index < -0.39 is 9.76 Å². The van der Waals surface area contributed by atoms with Gasteiger partial charge in [-0.3, -0.25) is 0 Å². The molecule has 14 heavy (non-hydrogen) atoms. The van der Waals surface area contributed by atoms with Gasteiger partial charge in [0.15, 0.2) is 9.76 Å². The summed E-state index contributed by atoms with van der Waals surface area (Å²) in [7, 11) is -0.413. The van der Waals surface area contributed by atoms with Crippen molar-refractivity contribution in [2.75, 3.05) is 6.61 Å². The monoisotopic (exact) mass is 208 g/mol. The average Bonchev–Trinajstić information content (AvgIpc) is 1.96. The molecule has 3 heteroatoms. The third-order valence-corrected chi connectivity index (χ3v) is 5.31. The van der Waals surface area contributed by atoms with Crippen molar-refractivity contribution in [3.05, 3.63) is 6.92 Å². The molecule has 0 aromatic heterocycles. The Morgan fingerprint density at radius 2 is 1.64 bits per heavy atom. The quantitative estimate of drug-likeness (QED) is 0.350. The molecule has 0 atom stereocenters. The van der Waals surface area contributed by atoms with Gasteiger partial charge in [-0.25, -0.2) is 0 Å². The molecule has 0 rings (SSSR count). The number of hydrogen-bond acceptors (Lipinski definition) is 1. The molecule has 0 N–H and O–H groups in total. The molecule has 0 aliphatic heterocycles. The average molecular weight is 208 g/mol. The molecule has 0 aromatic carbocycles. The first-order chi connectivity index (χ1) is 5.81. The van der Waals surface area contributed by atoms with Crippen molar-refractivity contribution in [3.8, 4) is 0 Å². The predicted molar refractivity (Wildman–Crippen MR) is 62.6 cm³/mol. The topological polar surface area (TPSA) is 9.23 Å². The summed E-state index contributed by atoms with van der Waals surface area (Å²) in [4.78, 5) is 0. The molecular weight excluding hydrogens is 183 g/mol. The van der Waals surface area contributed by atoms with Crippen molar-refractivity contribution in [3.63, 3.8) is 0 Å². The van der Waals surface area contributed by atoms with Crippen molar-refractivity contribution in [1.29, 1.82) is 0 Å². The third-order valence-electron chi connectivity index (χ3n) is 3.03. The molecule has 0 heterocycles. The van der Waals surface area contributed by atoms with Crippen molar-refractivity contribution >= 4 is 9.76 Å². The fraction of sp³-hybridized carbons (Fsp3) is 0.909. The Kier molecular flexibility index (Phi) is 8.73. The van der Waals surface area contributed by atoms with Crippen LogP contribution in [0.4, 0.5) is 0 Å². The van der Waals surface area contributed by atoms with E-state index in [2.05, 4.69) is 41.5 Å². The van der Waals surface area contributed by atoms with Crippen LogP contribution >= 0.6 is 0 Å². The maximum Gasteiger partial charge on any atom is 1.00 e. The van der Waals surface area contributed by atoms with E-state index in [1.54, 1.807) is 0 Å². The molecular formula is C11H25LiOSi. The van der Waals surface area contributed by atoms with E-state index in [-0.39, 0.29) is 18.9 Å². The zero-order chi connectivity index (χ0) is 10.5. The van der Waals surface area contributed by atoms with Crippen LogP contribution in [0.1, 0.15) is 47.5 Å². The van der Waals surface area contributed by atoms with E-state index in [9.17, 15) is 0 Å². The van der Waals surface area contributed by atoms with E-state index >= 15 is 0 Å². The fourth-order valence-electron chi connectivity index (χ4n) is 0.748. The standard InChI is InChI=1S/C11H25OSi.Li/c1-7-8-9-12-13-11(5,6)10(2,3)4;/h1,7-9,13H2,2-6H3;/q-1;+1. The molecule has 1 nitrogen and oxygen atoms in total. The second-order valence-electron chi connectivity index (χ2n) is 5.39. The van der Waals surface area contributed by atoms with Gasteiger partial charge in [-0.2, -0.15) is 6.42 Å². The van der Waals surface area contributed by atoms with Crippen LogP contribution in [0.25, 0.3) is 0 Å². The van der Waals surface area contributed by atoms with Gasteiger partial charge >= 0.3 is 18.9 Å². The van der Waals surface area contributed by atoms with Crippen LogP contribution in [0.3, 0.4) is 0 Å². The van der Waals surface area contributed by atoms with Gasteiger partial charge in [0.1, 0.15) is 0 Å². The molecule has 0 aliphatic carbocycles. The minimum atomic E-state index is -0.413. The van der Waals surface area contributed by atoms with Gasteiger partial charge in [0.05, 0.1) is 0 Å². The molecule has 0 fully saturated rings. The maximum atomic E-state index is 5.76. The summed E-state index contributed by atoms with van der Waals surface area (Å²) in [5.74, 6) is 0. The summed E-state index contributed by atoms with van der Waals surface area (Å²) in [6, 6.07) is 0. The molecule has 0 amide bonds. The molecule has 0 radical (unpaired) electrons. The van der Waals surface area contributed by atoms with E-state index in [0.29, 0.717) is 10.5 Å². The fourth-order valence-corrected chi connectivity index (χ4v) is 2.04. The minimum absolute atomic E-state index is 0. The molecule has 0 bridgehead atoms. The Morgan fingerprint density at radius 1 is 1.14 bits per heavy atom. The Hall–Kier alpha value is 0.774. The van der Waals surface area contributed by atoms with Gasteiger partial charge < -0.3 is 11.3 Å². The van der Waals surface area contributed by atoms with Crippen LogP contribution in [-0.2, 0) is 4.43 Å². The van der Waals surface area contributed by atoms with Gasteiger partial charge in [0.2, 0.25) is 0 Å². The summed E-state index contributed by atoms with van der Waals surface area (Å²) < 4.78 is 5.76. The molecule has 0 saturated heterocycles. The van der Waals surface area contributed by atoms with Gasteiger partial charge in [0.25, 0.3) is 0 Å². The second kappa shape index (κ2) is 7.11. The van der Waals surface area contributed by atoms with Gasteiger partial charge in [-0.05, 0) is 10.5 Å². The summed E-state index contributed by atoms with van der Waals surface area (Å²) in [5, 5.41) is 0.383. The minimum Gasteiger partial charge on any atom is -0.424 e. The predicted octanol–water partition coefficient (Wildman–Crippen LogP) is -0.0503. The van der Waals surface area contributed by atoms with E-state index in [1.165, 1.54) is 0 Å². The van der Waals surface area contributed by atoms with E-state index in [1.807, 2.05) is 0 Å². The summed E-state index contributed by atoms with van der Waals surface area (Å²) in [5.41, 5.74) is 0.365. The molecule has 0 spiro atoms. The molecule has 0 saturated carbocycles.